The van der Waals surface area contributed by atoms with Crippen molar-refractivity contribution in [2.45, 2.75) is 19.0 Å². The van der Waals surface area contributed by atoms with Gasteiger partial charge in [0.15, 0.2) is 5.16 Å². The molecule has 0 spiro atoms. The SMILES string of the molecule is CCOC(=O)c1c(C)nc(SCC(=O)O)nc1-c1ccccc1. The maximum absolute atomic E-state index is 12.2. The molecule has 0 radical (unpaired) electrons. The summed E-state index contributed by atoms with van der Waals surface area (Å²) in [6.07, 6.45) is 0. The Morgan fingerprint density at radius 1 is 1.22 bits per heavy atom. The number of carbonyl (C=O) groups is 2. The quantitative estimate of drug-likeness (QED) is 0.494. The molecule has 23 heavy (non-hydrogen) atoms. The number of hydrogen-bond acceptors (Lipinski definition) is 6. The number of esters is 1. The third-order valence-electron chi connectivity index (χ3n) is 2.92. The Bertz CT molecular complexity index is 720. The van der Waals surface area contributed by atoms with Gasteiger partial charge in [-0.3, -0.25) is 4.79 Å². The molecule has 0 aliphatic heterocycles. The van der Waals surface area contributed by atoms with Crippen LogP contribution in [0.5, 0.6) is 0 Å². The number of rotatable bonds is 6. The van der Waals surface area contributed by atoms with Crippen LogP contribution < -0.4 is 0 Å². The molecule has 120 valence electrons. The average molecular weight is 332 g/mol. The van der Waals surface area contributed by atoms with Crippen LogP contribution in [0.2, 0.25) is 0 Å². The number of carboxylic acid groups (broad SMARTS) is 1. The minimum absolute atomic E-state index is 0.146. The molecule has 0 fully saturated rings. The van der Waals surface area contributed by atoms with Crippen LogP contribution in [0.3, 0.4) is 0 Å². The monoisotopic (exact) mass is 332 g/mol. The van der Waals surface area contributed by atoms with Crippen molar-refractivity contribution in [2.24, 2.45) is 0 Å². The van der Waals surface area contributed by atoms with E-state index in [9.17, 15) is 9.59 Å². The molecule has 0 aliphatic rings. The molecule has 0 aliphatic carbocycles. The fourth-order valence-electron chi connectivity index (χ4n) is 1.99. The van der Waals surface area contributed by atoms with Crippen LogP contribution in [0, 0.1) is 6.92 Å². The molecule has 0 saturated carbocycles. The summed E-state index contributed by atoms with van der Waals surface area (Å²) < 4.78 is 5.09. The number of thioether (sulfide) groups is 1. The molecule has 1 heterocycles. The van der Waals surface area contributed by atoms with E-state index < -0.39 is 11.9 Å². The van der Waals surface area contributed by atoms with Gasteiger partial charge in [0.25, 0.3) is 0 Å². The lowest BCUT2D eigenvalue weighted by Crippen LogP contribution is -2.12. The fraction of sp³-hybridized carbons (Fsp3) is 0.250. The van der Waals surface area contributed by atoms with Gasteiger partial charge in [0.05, 0.1) is 23.7 Å². The zero-order valence-electron chi connectivity index (χ0n) is 12.8. The lowest BCUT2D eigenvalue weighted by molar-refractivity contribution is -0.133. The third-order valence-corrected chi connectivity index (χ3v) is 3.75. The number of carboxylic acids is 1. The normalized spacial score (nSPS) is 10.3. The van der Waals surface area contributed by atoms with Crippen molar-refractivity contribution < 1.29 is 19.4 Å². The summed E-state index contributed by atoms with van der Waals surface area (Å²) in [4.78, 5) is 31.5. The zero-order chi connectivity index (χ0) is 16.8. The first-order valence-corrected chi connectivity index (χ1v) is 7.97. The van der Waals surface area contributed by atoms with Gasteiger partial charge in [0.2, 0.25) is 0 Å². The van der Waals surface area contributed by atoms with Crippen LogP contribution in [0.15, 0.2) is 35.5 Å². The highest BCUT2D eigenvalue weighted by molar-refractivity contribution is 7.99. The molecule has 1 aromatic heterocycles. The van der Waals surface area contributed by atoms with Gasteiger partial charge < -0.3 is 9.84 Å². The highest BCUT2D eigenvalue weighted by Crippen LogP contribution is 2.27. The van der Waals surface area contributed by atoms with E-state index in [1.807, 2.05) is 30.3 Å². The number of ether oxygens (including phenoxy) is 1. The minimum Gasteiger partial charge on any atom is -0.481 e. The molecule has 1 aromatic carbocycles. The molecule has 0 amide bonds. The summed E-state index contributed by atoms with van der Waals surface area (Å²) in [5, 5.41) is 9.11. The van der Waals surface area contributed by atoms with Crippen LogP contribution >= 0.6 is 11.8 Å². The van der Waals surface area contributed by atoms with Crippen molar-refractivity contribution >= 4 is 23.7 Å². The van der Waals surface area contributed by atoms with Gasteiger partial charge >= 0.3 is 11.9 Å². The van der Waals surface area contributed by atoms with E-state index >= 15 is 0 Å². The van der Waals surface area contributed by atoms with E-state index in [-0.39, 0.29) is 12.4 Å². The second-order valence-corrected chi connectivity index (χ2v) is 5.53. The predicted octanol–water partition coefficient (Wildman–Crippen LogP) is 2.81. The number of aromatic nitrogens is 2. The molecule has 7 heteroatoms. The summed E-state index contributed by atoms with van der Waals surface area (Å²) in [5.41, 5.74) is 1.96. The zero-order valence-corrected chi connectivity index (χ0v) is 13.6. The van der Waals surface area contributed by atoms with Crippen molar-refractivity contribution in [2.75, 3.05) is 12.4 Å². The maximum atomic E-state index is 12.2. The van der Waals surface area contributed by atoms with E-state index in [2.05, 4.69) is 9.97 Å². The second-order valence-electron chi connectivity index (χ2n) is 4.58. The second kappa shape index (κ2) is 7.73. The molecule has 2 aromatic rings. The number of hydrogen-bond donors (Lipinski definition) is 1. The number of aliphatic carboxylic acids is 1. The number of aryl methyl sites for hydroxylation is 1. The van der Waals surface area contributed by atoms with Crippen molar-refractivity contribution in [3.05, 3.63) is 41.6 Å². The van der Waals surface area contributed by atoms with Crippen molar-refractivity contribution in [1.82, 2.24) is 9.97 Å². The molecule has 0 atom stereocenters. The lowest BCUT2D eigenvalue weighted by atomic mass is 10.0. The number of benzene rings is 1. The highest BCUT2D eigenvalue weighted by atomic mass is 32.2. The van der Waals surface area contributed by atoms with E-state index in [0.29, 0.717) is 22.1 Å². The Balaban J connectivity index is 2.52. The molecule has 6 nitrogen and oxygen atoms in total. The molecule has 0 saturated heterocycles. The van der Waals surface area contributed by atoms with E-state index in [1.165, 1.54) is 0 Å². The first-order valence-electron chi connectivity index (χ1n) is 6.98. The summed E-state index contributed by atoms with van der Waals surface area (Å²) in [5.74, 6) is -1.59. The van der Waals surface area contributed by atoms with Crippen LogP contribution in [0.25, 0.3) is 11.3 Å². The Morgan fingerprint density at radius 2 is 1.91 bits per heavy atom. The number of nitrogens with zero attached hydrogens (tertiary/aromatic N) is 2. The first kappa shape index (κ1) is 17.0. The van der Waals surface area contributed by atoms with Crippen molar-refractivity contribution in [3.8, 4) is 11.3 Å². The van der Waals surface area contributed by atoms with Crippen LogP contribution in [-0.4, -0.2) is 39.4 Å². The van der Waals surface area contributed by atoms with E-state index in [0.717, 1.165) is 17.3 Å². The maximum Gasteiger partial charge on any atom is 0.342 e. The van der Waals surface area contributed by atoms with Crippen LogP contribution in [0.4, 0.5) is 0 Å². The molecule has 0 unspecified atom stereocenters. The van der Waals surface area contributed by atoms with Crippen molar-refractivity contribution in [3.63, 3.8) is 0 Å². The first-order chi connectivity index (χ1) is 11.0. The summed E-state index contributed by atoms with van der Waals surface area (Å²) in [6, 6.07) is 9.20. The largest absolute Gasteiger partial charge is 0.481 e. The number of carbonyl (C=O) groups excluding carboxylic acids is 1. The molecule has 0 bridgehead atoms. The Labute approximate surface area is 137 Å². The third kappa shape index (κ3) is 4.29. The fourth-order valence-corrected chi connectivity index (χ4v) is 2.60. The van der Waals surface area contributed by atoms with Crippen LogP contribution in [0.1, 0.15) is 23.0 Å². The Morgan fingerprint density at radius 3 is 2.52 bits per heavy atom. The highest BCUT2D eigenvalue weighted by Gasteiger charge is 2.21. The standard InChI is InChI=1S/C16H16N2O4S/c1-3-22-15(21)13-10(2)17-16(23-9-12(19)20)18-14(13)11-7-5-4-6-8-11/h4-8H,3,9H2,1-2H3,(H,19,20). The molecular weight excluding hydrogens is 316 g/mol. The van der Waals surface area contributed by atoms with Gasteiger partial charge in [0.1, 0.15) is 5.56 Å². The van der Waals surface area contributed by atoms with Gasteiger partial charge in [-0.15, -0.1) is 0 Å². The molecule has 1 N–H and O–H groups in total. The summed E-state index contributed by atoms with van der Waals surface area (Å²) in [6.45, 7) is 3.67. The van der Waals surface area contributed by atoms with Gasteiger partial charge in [-0.05, 0) is 13.8 Å². The summed E-state index contributed by atoms with van der Waals surface area (Å²) >= 11 is 1.01. The molecule has 2 rings (SSSR count). The topological polar surface area (TPSA) is 89.4 Å². The lowest BCUT2D eigenvalue weighted by Gasteiger charge is -2.12. The average Bonchev–Trinajstić information content (AvgIpc) is 2.53. The van der Waals surface area contributed by atoms with Crippen LogP contribution in [-0.2, 0) is 9.53 Å². The van der Waals surface area contributed by atoms with Gasteiger partial charge in [-0.2, -0.15) is 0 Å². The molecular formula is C16H16N2O4S. The van der Waals surface area contributed by atoms with Gasteiger partial charge in [-0.25, -0.2) is 14.8 Å². The van der Waals surface area contributed by atoms with Crippen molar-refractivity contribution in [1.29, 1.82) is 0 Å². The smallest absolute Gasteiger partial charge is 0.342 e. The predicted molar refractivity (Wildman–Crippen MR) is 86.5 cm³/mol. The Kier molecular flexibility index (Phi) is 5.70. The summed E-state index contributed by atoms with van der Waals surface area (Å²) in [7, 11) is 0. The van der Waals surface area contributed by atoms with Gasteiger partial charge in [-0.1, -0.05) is 42.1 Å². The minimum atomic E-state index is -0.952. The Hall–Kier alpha value is -2.41. The van der Waals surface area contributed by atoms with E-state index in [4.69, 9.17) is 9.84 Å². The van der Waals surface area contributed by atoms with E-state index in [1.54, 1.807) is 13.8 Å². The van der Waals surface area contributed by atoms with Gasteiger partial charge in [0, 0.05) is 5.56 Å².